The number of rotatable bonds is 4. The van der Waals surface area contributed by atoms with Gasteiger partial charge >= 0.3 is 0 Å². The lowest BCUT2D eigenvalue weighted by atomic mass is 10.4. The molecule has 2 aromatic rings. The summed E-state index contributed by atoms with van der Waals surface area (Å²) < 4.78 is 26.5. The number of nitrogen functional groups attached to an aromatic ring is 1. The number of nitrogens with zero attached hydrogens (tertiary/aromatic N) is 3. The van der Waals surface area contributed by atoms with E-state index in [1.165, 1.54) is 36.0 Å². The molecule has 0 aliphatic rings. The number of aromatic nitrogens is 3. The second-order valence-electron chi connectivity index (χ2n) is 3.56. The molecular weight excluding hydrogens is 322 g/mol. The summed E-state index contributed by atoms with van der Waals surface area (Å²) in [4.78, 5) is 11.5. The molecule has 0 amide bonds. The number of sulfonamides is 1. The first-order chi connectivity index (χ1) is 9.40. The minimum Gasteiger partial charge on any atom is -0.368 e. The maximum Gasteiger partial charge on any atom is 0.264 e. The summed E-state index contributed by atoms with van der Waals surface area (Å²) in [6, 6.07) is 5.71. The van der Waals surface area contributed by atoms with Gasteiger partial charge in [-0.25, -0.2) is 13.1 Å². The molecule has 1 heterocycles. The zero-order valence-electron chi connectivity index (χ0n) is 10.2. The van der Waals surface area contributed by atoms with Gasteiger partial charge in [0.2, 0.25) is 11.9 Å². The van der Waals surface area contributed by atoms with E-state index in [0.717, 1.165) is 0 Å². The van der Waals surface area contributed by atoms with E-state index in [0.29, 0.717) is 10.2 Å². The van der Waals surface area contributed by atoms with E-state index in [2.05, 4.69) is 19.7 Å². The molecule has 0 spiro atoms. The molecule has 2 rings (SSSR count). The van der Waals surface area contributed by atoms with Gasteiger partial charge in [0.1, 0.15) is 0 Å². The third-order valence-corrected chi connectivity index (χ3v) is 4.31. The number of nitrogens with two attached hydrogens (primary N) is 1. The van der Waals surface area contributed by atoms with Crippen LogP contribution in [0.2, 0.25) is 5.02 Å². The molecule has 0 saturated carbocycles. The number of benzene rings is 1. The van der Waals surface area contributed by atoms with Gasteiger partial charge in [0.05, 0.1) is 4.90 Å². The van der Waals surface area contributed by atoms with Gasteiger partial charge < -0.3 is 5.73 Å². The maximum atomic E-state index is 12.1. The van der Waals surface area contributed by atoms with Crippen LogP contribution in [0.1, 0.15) is 0 Å². The van der Waals surface area contributed by atoms with E-state index in [4.69, 9.17) is 17.3 Å². The second-order valence-corrected chi connectivity index (χ2v) is 6.46. The van der Waals surface area contributed by atoms with Crippen molar-refractivity contribution in [3.05, 3.63) is 29.3 Å². The van der Waals surface area contributed by atoms with Crippen molar-refractivity contribution in [3.8, 4) is 0 Å². The number of anilines is 2. The molecular formula is C10H10ClN5O2S2. The van der Waals surface area contributed by atoms with Crippen molar-refractivity contribution in [3.63, 3.8) is 0 Å². The van der Waals surface area contributed by atoms with Crippen LogP contribution >= 0.6 is 23.4 Å². The molecule has 0 bridgehead atoms. The molecule has 10 heteroatoms. The second kappa shape index (κ2) is 5.81. The molecule has 3 N–H and O–H groups in total. The lowest BCUT2D eigenvalue weighted by molar-refractivity contribution is 0.600. The number of hydrogen-bond donors (Lipinski definition) is 2. The van der Waals surface area contributed by atoms with Crippen LogP contribution in [-0.4, -0.2) is 29.6 Å². The van der Waals surface area contributed by atoms with Gasteiger partial charge in [0.15, 0.2) is 5.16 Å². The first-order valence-corrected chi connectivity index (χ1v) is 8.33. The van der Waals surface area contributed by atoms with Crippen LogP contribution in [0.5, 0.6) is 0 Å². The zero-order chi connectivity index (χ0) is 14.8. The number of hydrogen-bond acceptors (Lipinski definition) is 7. The monoisotopic (exact) mass is 331 g/mol. The van der Waals surface area contributed by atoms with Crippen LogP contribution in [0.15, 0.2) is 34.3 Å². The normalized spacial score (nSPS) is 11.3. The van der Waals surface area contributed by atoms with Crippen molar-refractivity contribution in [2.24, 2.45) is 0 Å². The van der Waals surface area contributed by atoms with Gasteiger partial charge in [-0.15, -0.1) is 0 Å². The molecule has 20 heavy (non-hydrogen) atoms. The number of nitrogens with one attached hydrogen (secondary N) is 1. The Bertz CT molecular complexity index is 721. The summed E-state index contributed by atoms with van der Waals surface area (Å²) in [7, 11) is -3.80. The van der Waals surface area contributed by atoms with Crippen LogP contribution in [0.4, 0.5) is 11.9 Å². The highest BCUT2D eigenvalue weighted by molar-refractivity contribution is 7.98. The van der Waals surface area contributed by atoms with Gasteiger partial charge in [-0.2, -0.15) is 15.0 Å². The molecule has 0 saturated heterocycles. The van der Waals surface area contributed by atoms with Crippen molar-refractivity contribution >= 4 is 45.3 Å². The predicted octanol–water partition coefficient (Wildman–Crippen LogP) is 1.63. The minimum absolute atomic E-state index is 0.0478. The Morgan fingerprint density at radius 2 is 1.85 bits per heavy atom. The third kappa shape index (κ3) is 3.50. The molecule has 0 fully saturated rings. The molecule has 7 nitrogen and oxygen atoms in total. The molecule has 0 radical (unpaired) electrons. The molecule has 106 valence electrons. The minimum atomic E-state index is -3.80. The van der Waals surface area contributed by atoms with Crippen molar-refractivity contribution in [1.29, 1.82) is 0 Å². The van der Waals surface area contributed by atoms with Crippen LogP contribution in [0.25, 0.3) is 0 Å². The molecule has 0 atom stereocenters. The van der Waals surface area contributed by atoms with Crippen molar-refractivity contribution in [1.82, 2.24) is 15.0 Å². The molecule has 0 aliphatic carbocycles. The number of thioether (sulfide) groups is 1. The van der Waals surface area contributed by atoms with Gasteiger partial charge in [-0.3, -0.25) is 0 Å². The summed E-state index contributed by atoms with van der Waals surface area (Å²) in [6.07, 6.45) is 1.74. The summed E-state index contributed by atoms with van der Waals surface area (Å²) in [5, 5.41) is 0.768. The van der Waals surface area contributed by atoms with E-state index >= 15 is 0 Å². The fraction of sp³-hybridized carbons (Fsp3) is 0.100. The van der Waals surface area contributed by atoms with Gasteiger partial charge in [0.25, 0.3) is 10.0 Å². The van der Waals surface area contributed by atoms with E-state index in [-0.39, 0.29) is 16.8 Å². The van der Waals surface area contributed by atoms with Crippen LogP contribution < -0.4 is 10.5 Å². The van der Waals surface area contributed by atoms with Crippen LogP contribution in [0, 0.1) is 0 Å². The molecule has 0 unspecified atom stereocenters. The maximum absolute atomic E-state index is 12.1. The first-order valence-electron chi connectivity index (χ1n) is 5.24. The summed E-state index contributed by atoms with van der Waals surface area (Å²) >= 11 is 6.94. The van der Waals surface area contributed by atoms with E-state index in [1.54, 1.807) is 6.26 Å². The SMILES string of the molecule is CSc1nc(N)nc(NS(=O)(=O)c2ccc(Cl)cc2)n1. The third-order valence-electron chi connectivity index (χ3n) is 2.16. The summed E-state index contributed by atoms with van der Waals surface area (Å²) in [5.41, 5.74) is 5.48. The Morgan fingerprint density at radius 3 is 2.45 bits per heavy atom. The lowest BCUT2D eigenvalue weighted by Gasteiger charge is -2.07. The van der Waals surface area contributed by atoms with E-state index in [1.807, 2.05) is 0 Å². The van der Waals surface area contributed by atoms with Crippen molar-refractivity contribution in [2.45, 2.75) is 10.1 Å². The fourth-order valence-corrected chi connectivity index (χ4v) is 2.73. The summed E-state index contributed by atoms with van der Waals surface area (Å²) in [5.74, 6) is -0.185. The summed E-state index contributed by atoms with van der Waals surface area (Å²) in [6.45, 7) is 0. The quantitative estimate of drug-likeness (QED) is 0.819. The Morgan fingerprint density at radius 1 is 1.20 bits per heavy atom. The highest BCUT2D eigenvalue weighted by Gasteiger charge is 2.16. The average molecular weight is 332 g/mol. The van der Waals surface area contributed by atoms with Crippen LogP contribution in [0.3, 0.4) is 0 Å². The van der Waals surface area contributed by atoms with Gasteiger partial charge in [-0.1, -0.05) is 23.4 Å². The first kappa shape index (κ1) is 14.8. The lowest BCUT2D eigenvalue weighted by Crippen LogP contribution is -2.16. The molecule has 1 aromatic carbocycles. The number of halogens is 1. The highest BCUT2D eigenvalue weighted by atomic mass is 35.5. The van der Waals surface area contributed by atoms with Crippen LogP contribution in [-0.2, 0) is 10.0 Å². The highest BCUT2D eigenvalue weighted by Crippen LogP contribution is 2.18. The van der Waals surface area contributed by atoms with Crippen molar-refractivity contribution < 1.29 is 8.42 Å². The van der Waals surface area contributed by atoms with Crippen molar-refractivity contribution in [2.75, 3.05) is 16.7 Å². The topological polar surface area (TPSA) is 111 Å². The Labute approximate surface area is 125 Å². The van der Waals surface area contributed by atoms with Gasteiger partial charge in [-0.05, 0) is 30.5 Å². The predicted molar refractivity (Wildman–Crippen MR) is 78.3 cm³/mol. The average Bonchev–Trinajstić information content (AvgIpc) is 2.37. The fourth-order valence-electron chi connectivity index (χ4n) is 1.30. The standard InChI is InChI=1S/C10H10ClN5O2S2/c1-19-10-14-8(12)13-9(15-10)16-20(17,18)7-4-2-6(11)3-5-7/h2-5H,1H3,(H3,12,13,14,15,16). The Kier molecular flexibility index (Phi) is 4.31. The molecule has 1 aromatic heterocycles. The molecule has 0 aliphatic heterocycles. The smallest absolute Gasteiger partial charge is 0.264 e. The van der Waals surface area contributed by atoms with Gasteiger partial charge in [0, 0.05) is 5.02 Å². The Hall–Kier alpha value is -1.58. The largest absolute Gasteiger partial charge is 0.368 e. The van der Waals surface area contributed by atoms with E-state index in [9.17, 15) is 8.42 Å². The van der Waals surface area contributed by atoms with E-state index < -0.39 is 10.0 Å². The Balaban J connectivity index is 2.33. The zero-order valence-corrected chi connectivity index (χ0v) is 12.6.